The van der Waals surface area contributed by atoms with Crippen molar-refractivity contribution in [3.05, 3.63) is 24.3 Å². The summed E-state index contributed by atoms with van der Waals surface area (Å²) in [7, 11) is 0. The molecule has 2 atom stereocenters. The SMILES string of the molecule is CCOc1cccc(OC2CC(Cl)C2(C)C)c1. The Labute approximate surface area is 108 Å². The Kier molecular flexibility index (Phi) is 3.53. The van der Waals surface area contributed by atoms with Crippen LogP contribution in [0.25, 0.3) is 0 Å². The smallest absolute Gasteiger partial charge is 0.123 e. The van der Waals surface area contributed by atoms with Crippen LogP contribution >= 0.6 is 11.6 Å². The first kappa shape index (κ1) is 12.6. The molecule has 1 aromatic carbocycles. The second-order valence-corrected chi connectivity index (χ2v) is 5.57. The molecular weight excluding hydrogens is 236 g/mol. The minimum Gasteiger partial charge on any atom is -0.494 e. The first-order valence-electron chi connectivity index (χ1n) is 6.07. The van der Waals surface area contributed by atoms with Crippen molar-refractivity contribution in [3.8, 4) is 11.5 Å². The van der Waals surface area contributed by atoms with Gasteiger partial charge in [0.2, 0.25) is 0 Å². The van der Waals surface area contributed by atoms with Gasteiger partial charge in [-0.25, -0.2) is 0 Å². The molecule has 0 heterocycles. The predicted molar refractivity (Wildman–Crippen MR) is 70.1 cm³/mol. The lowest BCUT2D eigenvalue weighted by atomic mass is 9.68. The third-order valence-corrected chi connectivity index (χ3v) is 4.19. The quantitative estimate of drug-likeness (QED) is 0.760. The number of rotatable bonds is 4. The summed E-state index contributed by atoms with van der Waals surface area (Å²) in [5, 5.41) is 0.211. The first-order chi connectivity index (χ1) is 8.04. The summed E-state index contributed by atoms with van der Waals surface area (Å²) in [6.07, 6.45) is 1.11. The van der Waals surface area contributed by atoms with Gasteiger partial charge in [0.05, 0.1) is 6.61 Å². The molecule has 1 aromatic rings. The highest BCUT2D eigenvalue weighted by Gasteiger charge is 2.49. The zero-order valence-corrected chi connectivity index (χ0v) is 11.3. The third kappa shape index (κ3) is 2.52. The Hall–Kier alpha value is -0.890. The summed E-state index contributed by atoms with van der Waals surface area (Å²) in [5.41, 5.74) is 0.0448. The molecule has 17 heavy (non-hydrogen) atoms. The van der Waals surface area contributed by atoms with E-state index in [1.54, 1.807) is 0 Å². The molecule has 1 aliphatic rings. The minimum atomic E-state index is 0.0448. The fourth-order valence-corrected chi connectivity index (χ4v) is 2.31. The Balaban J connectivity index is 2.02. The molecule has 0 saturated heterocycles. The Morgan fingerprint density at radius 1 is 1.35 bits per heavy atom. The average Bonchev–Trinajstić information content (AvgIpc) is 2.30. The van der Waals surface area contributed by atoms with Gasteiger partial charge in [0.15, 0.2) is 0 Å². The molecule has 2 unspecified atom stereocenters. The highest BCUT2D eigenvalue weighted by atomic mass is 35.5. The molecule has 1 fully saturated rings. The van der Waals surface area contributed by atoms with Crippen molar-refractivity contribution in [2.75, 3.05) is 6.61 Å². The van der Waals surface area contributed by atoms with Crippen LogP contribution in [0, 0.1) is 5.41 Å². The van der Waals surface area contributed by atoms with Gasteiger partial charge in [0.25, 0.3) is 0 Å². The number of ether oxygens (including phenoxy) is 2. The van der Waals surface area contributed by atoms with Gasteiger partial charge >= 0.3 is 0 Å². The van der Waals surface area contributed by atoms with Crippen molar-refractivity contribution in [1.82, 2.24) is 0 Å². The van der Waals surface area contributed by atoms with E-state index in [1.165, 1.54) is 0 Å². The molecule has 3 heteroatoms. The molecular formula is C14H19ClO2. The van der Waals surface area contributed by atoms with Crippen molar-refractivity contribution < 1.29 is 9.47 Å². The molecule has 2 nitrogen and oxygen atoms in total. The average molecular weight is 255 g/mol. The van der Waals surface area contributed by atoms with Crippen LogP contribution in [0.1, 0.15) is 27.2 Å². The second kappa shape index (κ2) is 4.77. The number of halogens is 1. The van der Waals surface area contributed by atoms with Gasteiger partial charge in [-0.05, 0) is 19.1 Å². The topological polar surface area (TPSA) is 18.5 Å². The second-order valence-electron chi connectivity index (χ2n) is 5.04. The maximum Gasteiger partial charge on any atom is 0.123 e. The highest BCUT2D eigenvalue weighted by molar-refractivity contribution is 6.21. The predicted octanol–water partition coefficient (Wildman–Crippen LogP) is 3.87. The molecule has 0 radical (unpaired) electrons. The van der Waals surface area contributed by atoms with Gasteiger partial charge in [-0.3, -0.25) is 0 Å². The molecule has 0 amide bonds. The van der Waals surface area contributed by atoms with E-state index in [0.717, 1.165) is 17.9 Å². The number of benzene rings is 1. The van der Waals surface area contributed by atoms with Crippen molar-refractivity contribution in [2.45, 2.75) is 38.7 Å². The third-order valence-electron chi connectivity index (χ3n) is 3.45. The summed E-state index contributed by atoms with van der Waals surface area (Å²) in [6, 6.07) is 7.78. The monoisotopic (exact) mass is 254 g/mol. The van der Waals surface area contributed by atoms with Crippen LogP contribution in [0.3, 0.4) is 0 Å². The Bertz CT molecular complexity index is 390. The van der Waals surface area contributed by atoms with Gasteiger partial charge < -0.3 is 9.47 Å². The summed E-state index contributed by atoms with van der Waals surface area (Å²) in [5.74, 6) is 1.71. The maximum atomic E-state index is 6.18. The van der Waals surface area contributed by atoms with Crippen LogP contribution in [-0.2, 0) is 0 Å². The molecule has 0 N–H and O–H groups in total. The molecule has 1 saturated carbocycles. The van der Waals surface area contributed by atoms with Crippen LogP contribution in [-0.4, -0.2) is 18.1 Å². The van der Waals surface area contributed by atoms with Crippen molar-refractivity contribution in [2.24, 2.45) is 5.41 Å². The highest BCUT2D eigenvalue weighted by Crippen LogP contribution is 2.46. The van der Waals surface area contributed by atoms with Gasteiger partial charge in [-0.15, -0.1) is 11.6 Å². The molecule has 1 aliphatic carbocycles. The normalized spacial score (nSPS) is 26.1. The van der Waals surface area contributed by atoms with Crippen LogP contribution in [0.2, 0.25) is 0 Å². The van der Waals surface area contributed by atoms with Gasteiger partial charge in [-0.1, -0.05) is 19.9 Å². The van der Waals surface area contributed by atoms with E-state index < -0.39 is 0 Å². The maximum absolute atomic E-state index is 6.18. The lowest BCUT2D eigenvalue weighted by molar-refractivity contribution is -0.0131. The number of hydrogen-bond donors (Lipinski definition) is 0. The van der Waals surface area contributed by atoms with E-state index >= 15 is 0 Å². The molecule has 0 spiro atoms. The summed E-state index contributed by atoms with van der Waals surface area (Å²) in [4.78, 5) is 0. The van der Waals surface area contributed by atoms with Crippen molar-refractivity contribution in [3.63, 3.8) is 0 Å². The van der Waals surface area contributed by atoms with E-state index in [9.17, 15) is 0 Å². The lowest BCUT2D eigenvalue weighted by Crippen LogP contribution is -2.53. The van der Waals surface area contributed by atoms with E-state index in [2.05, 4.69) is 13.8 Å². The number of alkyl halides is 1. The summed E-state index contributed by atoms with van der Waals surface area (Å²) in [6.45, 7) is 6.93. The van der Waals surface area contributed by atoms with E-state index in [-0.39, 0.29) is 16.9 Å². The van der Waals surface area contributed by atoms with E-state index in [1.807, 2.05) is 31.2 Å². The molecule has 0 bridgehead atoms. The summed E-state index contributed by atoms with van der Waals surface area (Å²) >= 11 is 6.18. The lowest BCUT2D eigenvalue weighted by Gasteiger charge is -2.48. The zero-order chi connectivity index (χ0) is 12.5. The first-order valence-corrected chi connectivity index (χ1v) is 6.51. The molecule has 0 aromatic heterocycles. The van der Waals surface area contributed by atoms with Crippen molar-refractivity contribution >= 4 is 11.6 Å². The fourth-order valence-electron chi connectivity index (χ4n) is 2.00. The number of hydrogen-bond acceptors (Lipinski definition) is 2. The Morgan fingerprint density at radius 3 is 2.65 bits per heavy atom. The minimum absolute atomic E-state index is 0.0448. The van der Waals surface area contributed by atoms with Crippen LogP contribution in [0.5, 0.6) is 11.5 Å². The van der Waals surface area contributed by atoms with E-state index in [4.69, 9.17) is 21.1 Å². The summed E-state index contributed by atoms with van der Waals surface area (Å²) < 4.78 is 11.4. The largest absolute Gasteiger partial charge is 0.494 e. The molecule has 2 rings (SSSR count). The van der Waals surface area contributed by atoms with Crippen LogP contribution in [0.15, 0.2) is 24.3 Å². The fraction of sp³-hybridized carbons (Fsp3) is 0.571. The molecule has 94 valence electrons. The Morgan fingerprint density at radius 2 is 2.06 bits per heavy atom. The van der Waals surface area contributed by atoms with Gasteiger partial charge in [0.1, 0.15) is 17.6 Å². The molecule has 0 aliphatic heterocycles. The van der Waals surface area contributed by atoms with Gasteiger partial charge in [0, 0.05) is 23.3 Å². The van der Waals surface area contributed by atoms with Crippen LogP contribution < -0.4 is 9.47 Å². The van der Waals surface area contributed by atoms with Crippen molar-refractivity contribution in [1.29, 1.82) is 0 Å². The van der Waals surface area contributed by atoms with Gasteiger partial charge in [-0.2, -0.15) is 0 Å². The van der Waals surface area contributed by atoms with Crippen LogP contribution in [0.4, 0.5) is 0 Å². The zero-order valence-electron chi connectivity index (χ0n) is 10.6. The standard InChI is InChI=1S/C14H19ClO2/c1-4-16-10-6-5-7-11(8-10)17-13-9-12(15)14(13,2)3/h5-8,12-13H,4,9H2,1-3H3. The van der Waals surface area contributed by atoms with E-state index in [0.29, 0.717) is 6.61 Å².